The van der Waals surface area contributed by atoms with E-state index in [9.17, 15) is 4.79 Å². The van der Waals surface area contributed by atoms with Crippen LogP contribution in [0, 0.1) is 23.7 Å². The van der Waals surface area contributed by atoms with Gasteiger partial charge in [-0.15, -0.1) is 0 Å². The van der Waals surface area contributed by atoms with Gasteiger partial charge in [-0.1, -0.05) is 26.7 Å². The fourth-order valence-corrected chi connectivity index (χ4v) is 4.83. The van der Waals surface area contributed by atoms with Gasteiger partial charge in [-0.05, 0) is 43.4 Å². The Labute approximate surface area is 110 Å². The Hall–Kier alpha value is -0.410. The molecule has 0 radical (unpaired) electrons. The van der Waals surface area contributed by atoms with E-state index in [-0.39, 0.29) is 6.04 Å². The van der Waals surface area contributed by atoms with Crippen LogP contribution >= 0.6 is 0 Å². The molecule has 3 fully saturated rings. The molecular weight excluding hydrogens is 224 g/mol. The minimum atomic E-state index is 0.0791. The zero-order chi connectivity index (χ0) is 12.9. The van der Waals surface area contributed by atoms with E-state index in [1.165, 1.54) is 25.7 Å². The molecule has 0 bridgehead atoms. The maximum Gasteiger partial charge on any atom is 0.147 e. The summed E-state index contributed by atoms with van der Waals surface area (Å²) in [5.74, 6) is 2.89. The Morgan fingerprint density at radius 1 is 1.17 bits per heavy atom. The Morgan fingerprint density at radius 3 is 2.56 bits per heavy atom. The van der Waals surface area contributed by atoms with Crippen LogP contribution in [0.15, 0.2) is 0 Å². The lowest BCUT2D eigenvalue weighted by atomic mass is 9.70. The summed E-state index contributed by atoms with van der Waals surface area (Å²) in [4.78, 5) is 11.9. The first kappa shape index (κ1) is 12.6. The third-order valence-corrected chi connectivity index (χ3v) is 5.49. The van der Waals surface area contributed by atoms with Gasteiger partial charge in [0.05, 0.1) is 12.2 Å². The molecule has 0 aromatic heterocycles. The molecule has 102 valence electrons. The lowest BCUT2D eigenvalue weighted by Crippen LogP contribution is -2.46. The molecule has 6 atom stereocenters. The van der Waals surface area contributed by atoms with E-state index in [4.69, 9.17) is 0 Å². The number of carbonyl (C=O) groups is 1. The third-order valence-electron chi connectivity index (χ3n) is 5.49. The van der Waals surface area contributed by atoms with E-state index in [1.807, 2.05) is 0 Å². The fraction of sp³-hybridized carbons (Fsp3) is 0.933. The zero-order valence-corrected chi connectivity index (χ0v) is 11.8. The predicted octanol–water partition coefficient (Wildman–Crippen LogP) is 1.92. The summed E-state index contributed by atoms with van der Waals surface area (Å²) in [5.41, 5.74) is 0. The maximum atomic E-state index is 11.9. The smallest absolute Gasteiger partial charge is 0.147 e. The number of Topliss-reactive ketones (excluding diaryl/α,β-unsaturated/α-hetero) is 1. The molecule has 3 aliphatic rings. The van der Waals surface area contributed by atoms with Crippen molar-refractivity contribution >= 4 is 5.78 Å². The molecule has 2 N–H and O–H groups in total. The Bertz CT molecular complexity index is 341. The fourth-order valence-electron chi connectivity index (χ4n) is 4.83. The van der Waals surface area contributed by atoms with Gasteiger partial charge in [-0.25, -0.2) is 0 Å². The van der Waals surface area contributed by atoms with Crippen molar-refractivity contribution in [1.82, 2.24) is 10.6 Å². The van der Waals surface area contributed by atoms with Crippen LogP contribution in [-0.4, -0.2) is 24.0 Å². The van der Waals surface area contributed by atoms with Gasteiger partial charge in [0.15, 0.2) is 0 Å². The van der Waals surface area contributed by atoms with Crippen LogP contribution in [0.25, 0.3) is 0 Å². The number of nitrogens with one attached hydrogen (secondary N) is 2. The van der Waals surface area contributed by atoms with Crippen LogP contribution < -0.4 is 10.6 Å². The second-order valence-electron chi connectivity index (χ2n) is 6.85. The Balaban J connectivity index is 1.86. The summed E-state index contributed by atoms with van der Waals surface area (Å²) in [7, 11) is 0. The molecule has 3 nitrogen and oxygen atoms in total. The third kappa shape index (κ3) is 1.83. The van der Waals surface area contributed by atoms with Crippen molar-refractivity contribution in [3.63, 3.8) is 0 Å². The lowest BCUT2D eigenvalue weighted by molar-refractivity contribution is -0.120. The molecular formula is C15H26N2O. The van der Waals surface area contributed by atoms with Crippen LogP contribution in [-0.2, 0) is 4.79 Å². The molecule has 3 rings (SSSR count). The maximum absolute atomic E-state index is 11.9. The molecule has 2 heterocycles. The van der Waals surface area contributed by atoms with Crippen molar-refractivity contribution in [2.45, 2.75) is 64.7 Å². The molecule has 0 aromatic rings. The topological polar surface area (TPSA) is 41.1 Å². The highest BCUT2D eigenvalue weighted by molar-refractivity contribution is 5.82. The highest BCUT2D eigenvalue weighted by atomic mass is 16.1. The molecule has 3 heteroatoms. The standard InChI is InChI=1S/C15H26N2O/c1-8(2)12-13-10-6-4-5-7-11(10)16-15(13)17-14(12)9(3)18/h8,10-17H,4-7H2,1-3H3. The normalized spacial score (nSPS) is 47.1. The first-order valence-electron chi connectivity index (χ1n) is 7.62. The molecule has 0 amide bonds. The summed E-state index contributed by atoms with van der Waals surface area (Å²) < 4.78 is 0. The van der Waals surface area contributed by atoms with Crippen LogP contribution in [0.3, 0.4) is 0 Å². The number of hydrogen-bond acceptors (Lipinski definition) is 3. The number of fused-ring (bicyclic) bond motifs is 3. The minimum absolute atomic E-state index is 0.0791. The zero-order valence-electron chi connectivity index (χ0n) is 11.8. The highest BCUT2D eigenvalue weighted by Gasteiger charge is 2.55. The second kappa shape index (κ2) is 4.61. The van der Waals surface area contributed by atoms with Crippen molar-refractivity contribution in [3.05, 3.63) is 0 Å². The molecule has 18 heavy (non-hydrogen) atoms. The summed E-state index contributed by atoms with van der Waals surface area (Å²) >= 11 is 0. The number of carbonyl (C=O) groups excluding carboxylic acids is 1. The molecule has 6 unspecified atom stereocenters. The summed E-state index contributed by atoms with van der Waals surface area (Å²) in [5, 5.41) is 7.34. The first-order chi connectivity index (χ1) is 8.59. The summed E-state index contributed by atoms with van der Waals surface area (Å²) in [6.45, 7) is 6.30. The van der Waals surface area contributed by atoms with Gasteiger partial charge in [0.1, 0.15) is 5.78 Å². The van der Waals surface area contributed by atoms with E-state index in [0.717, 1.165) is 5.92 Å². The minimum Gasteiger partial charge on any atom is -0.299 e. The molecule has 2 aliphatic heterocycles. The summed E-state index contributed by atoms with van der Waals surface area (Å²) in [6.07, 6.45) is 5.82. The molecule has 2 saturated heterocycles. The van der Waals surface area contributed by atoms with Crippen molar-refractivity contribution in [2.75, 3.05) is 0 Å². The predicted molar refractivity (Wildman–Crippen MR) is 72.1 cm³/mol. The molecule has 0 spiro atoms. The van der Waals surface area contributed by atoms with Crippen LogP contribution in [0.2, 0.25) is 0 Å². The Kier molecular flexibility index (Phi) is 3.23. The quantitative estimate of drug-likeness (QED) is 0.787. The van der Waals surface area contributed by atoms with E-state index >= 15 is 0 Å². The van der Waals surface area contributed by atoms with Crippen molar-refractivity contribution in [2.24, 2.45) is 23.7 Å². The van der Waals surface area contributed by atoms with Gasteiger partial charge in [0, 0.05) is 6.04 Å². The number of rotatable bonds is 2. The van der Waals surface area contributed by atoms with Crippen molar-refractivity contribution in [3.8, 4) is 0 Å². The summed E-state index contributed by atoms with van der Waals surface area (Å²) in [6, 6.07) is 0.783. The van der Waals surface area contributed by atoms with E-state index in [0.29, 0.717) is 35.7 Å². The van der Waals surface area contributed by atoms with E-state index in [1.54, 1.807) is 6.92 Å². The van der Waals surface area contributed by atoms with Gasteiger partial charge < -0.3 is 0 Å². The van der Waals surface area contributed by atoms with Crippen LogP contribution in [0.1, 0.15) is 46.5 Å². The SMILES string of the molecule is CC(=O)C1NC2NC3CCCCC3C2C1C(C)C. The van der Waals surface area contributed by atoms with Gasteiger partial charge in [0.25, 0.3) is 0 Å². The van der Waals surface area contributed by atoms with Crippen LogP contribution in [0.4, 0.5) is 0 Å². The van der Waals surface area contributed by atoms with Gasteiger partial charge in [-0.3, -0.25) is 15.4 Å². The average Bonchev–Trinajstić information content (AvgIpc) is 2.83. The number of hydrogen-bond donors (Lipinski definition) is 2. The second-order valence-corrected chi connectivity index (χ2v) is 6.85. The monoisotopic (exact) mass is 250 g/mol. The molecule has 0 aromatic carbocycles. The number of ketones is 1. The van der Waals surface area contributed by atoms with E-state index in [2.05, 4.69) is 24.5 Å². The van der Waals surface area contributed by atoms with Gasteiger partial charge in [-0.2, -0.15) is 0 Å². The molecule has 1 saturated carbocycles. The highest BCUT2D eigenvalue weighted by Crippen LogP contribution is 2.47. The van der Waals surface area contributed by atoms with Crippen molar-refractivity contribution in [1.29, 1.82) is 0 Å². The first-order valence-corrected chi connectivity index (χ1v) is 7.62. The lowest BCUT2D eigenvalue weighted by Gasteiger charge is -2.34. The average molecular weight is 250 g/mol. The Morgan fingerprint density at radius 2 is 1.89 bits per heavy atom. The van der Waals surface area contributed by atoms with Gasteiger partial charge >= 0.3 is 0 Å². The van der Waals surface area contributed by atoms with Crippen molar-refractivity contribution < 1.29 is 4.79 Å². The largest absolute Gasteiger partial charge is 0.299 e. The van der Waals surface area contributed by atoms with Gasteiger partial charge in [0.2, 0.25) is 0 Å². The van der Waals surface area contributed by atoms with E-state index < -0.39 is 0 Å². The van der Waals surface area contributed by atoms with Crippen LogP contribution in [0.5, 0.6) is 0 Å². The molecule has 1 aliphatic carbocycles.